The average molecular weight is 343 g/mol. The van der Waals surface area contributed by atoms with Gasteiger partial charge in [-0.15, -0.1) is 0 Å². The first-order valence-electron chi connectivity index (χ1n) is 7.95. The highest BCUT2D eigenvalue weighted by Crippen LogP contribution is 2.33. The van der Waals surface area contributed by atoms with Gasteiger partial charge in [-0.25, -0.2) is 4.57 Å². The van der Waals surface area contributed by atoms with Crippen molar-refractivity contribution in [2.75, 3.05) is 5.75 Å². The van der Waals surface area contributed by atoms with Crippen molar-refractivity contribution in [2.45, 2.75) is 24.7 Å². The number of alkyl halides is 2. The Kier molecular flexibility index (Phi) is 4.10. The monoisotopic (exact) mass is 343 g/mol. The van der Waals surface area contributed by atoms with Gasteiger partial charge in [-0.1, -0.05) is 42.5 Å². The summed E-state index contributed by atoms with van der Waals surface area (Å²) in [7, 11) is 0. The molecule has 1 aliphatic heterocycles. The molecule has 2 heterocycles. The molecule has 122 valence electrons. The number of rotatable bonds is 3. The number of hydrogen-bond donors (Lipinski definition) is 0. The maximum absolute atomic E-state index is 13.6. The number of fused-ring (bicyclic) bond motifs is 1. The molecule has 0 saturated heterocycles. The lowest BCUT2D eigenvalue weighted by Gasteiger charge is -2.08. The lowest BCUT2D eigenvalue weighted by Crippen LogP contribution is -2.37. The first-order valence-corrected chi connectivity index (χ1v) is 8.94. The third kappa shape index (κ3) is 2.73. The summed E-state index contributed by atoms with van der Waals surface area (Å²) in [4.78, 5) is 0. The van der Waals surface area contributed by atoms with Gasteiger partial charge in [0, 0.05) is 11.3 Å². The lowest BCUT2D eigenvalue weighted by atomic mass is 10.0. The smallest absolute Gasteiger partial charge is 0.224 e. The van der Waals surface area contributed by atoms with Crippen LogP contribution in [0, 0.1) is 0 Å². The van der Waals surface area contributed by atoms with Crippen LogP contribution in [0.3, 0.4) is 0 Å². The topological polar surface area (TPSA) is 8.81 Å². The zero-order valence-electron chi connectivity index (χ0n) is 13.0. The van der Waals surface area contributed by atoms with Gasteiger partial charge in [0.2, 0.25) is 0 Å². The number of nitrogens with zero attached hydrogens (tertiary/aromatic N) is 2. The van der Waals surface area contributed by atoms with Gasteiger partial charge in [0.15, 0.2) is 5.69 Å². The van der Waals surface area contributed by atoms with Crippen molar-refractivity contribution < 1.29 is 13.3 Å². The molecule has 0 amide bonds. The molecule has 0 saturated carbocycles. The van der Waals surface area contributed by atoms with Crippen LogP contribution in [0.25, 0.3) is 22.4 Å². The number of benzene rings is 2. The van der Waals surface area contributed by atoms with Crippen LogP contribution >= 0.6 is 11.8 Å². The Balaban J connectivity index is 1.75. The quantitative estimate of drug-likeness (QED) is 0.608. The van der Waals surface area contributed by atoms with E-state index in [0.29, 0.717) is 10.9 Å². The molecule has 0 aliphatic carbocycles. The molecule has 0 fully saturated rings. The molecule has 0 bridgehead atoms. The Morgan fingerprint density at radius 2 is 1.58 bits per heavy atom. The molecule has 0 N–H and O–H groups in total. The molecule has 2 nitrogen and oxygen atoms in total. The maximum atomic E-state index is 13.6. The van der Waals surface area contributed by atoms with Gasteiger partial charge in [0.25, 0.3) is 0 Å². The fraction of sp³-hybridized carbons (Fsp3) is 0.211. The van der Waals surface area contributed by atoms with Crippen LogP contribution in [0.1, 0.15) is 13.0 Å². The predicted molar refractivity (Wildman–Crippen MR) is 92.1 cm³/mol. The van der Waals surface area contributed by atoms with Crippen LogP contribution in [-0.4, -0.2) is 10.3 Å². The van der Waals surface area contributed by atoms with Crippen LogP contribution in [0.4, 0.5) is 8.78 Å². The van der Waals surface area contributed by atoms with Gasteiger partial charge in [0.1, 0.15) is 6.20 Å². The first-order chi connectivity index (χ1) is 11.7. The number of imidazole rings is 1. The molecular weight excluding hydrogens is 326 g/mol. The number of halogens is 2. The van der Waals surface area contributed by atoms with E-state index < -0.39 is 6.55 Å². The second-order valence-electron chi connectivity index (χ2n) is 5.78. The maximum Gasteiger partial charge on any atom is 0.388 e. The van der Waals surface area contributed by atoms with E-state index in [-0.39, 0.29) is 0 Å². The van der Waals surface area contributed by atoms with Crippen LogP contribution in [0.2, 0.25) is 0 Å². The van der Waals surface area contributed by atoms with Gasteiger partial charge < -0.3 is 0 Å². The summed E-state index contributed by atoms with van der Waals surface area (Å²) < 4.78 is 30.3. The molecule has 0 atom stereocenters. The van der Waals surface area contributed by atoms with E-state index in [1.165, 1.54) is 11.8 Å². The fourth-order valence-corrected chi connectivity index (χ4v) is 4.17. The third-order valence-corrected chi connectivity index (χ3v) is 5.43. The molecule has 0 spiro atoms. The summed E-state index contributed by atoms with van der Waals surface area (Å²) in [5.74, 6) is 0.892. The summed E-state index contributed by atoms with van der Waals surface area (Å²) in [6.07, 6.45) is 2.87. The molecule has 2 aromatic carbocycles. The largest absolute Gasteiger partial charge is 0.388 e. The highest BCUT2D eigenvalue weighted by atomic mass is 32.2. The Morgan fingerprint density at radius 3 is 2.29 bits per heavy atom. The van der Waals surface area contributed by atoms with Gasteiger partial charge >= 0.3 is 11.7 Å². The molecule has 4 rings (SSSR count). The van der Waals surface area contributed by atoms with Gasteiger partial charge in [-0.2, -0.15) is 13.3 Å². The minimum atomic E-state index is -2.53. The van der Waals surface area contributed by atoms with Crippen molar-refractivity contribution in [3.8, 4) is 22.4 Å². The van der Waals surface area contributed by atoms with Crippen LogP contribution in [0.15, 0.2) is 66.0 Å². The van der Waals surface area contributed by atoms with Crippen molar-refractivity contribution in [3.63, 3.8) is 0 Å². The summed E-state index contributed by atoms with van der Waals surface area (Å²) in [6.45, 7) is -1.73. The van der Waals surface area contributed by atoms with Crippen molar-refractivity contribution in [3.05, 3.63) is 60.8 Å². The Morgan fingerprint density at radius 1 is 0.917 bits per heavy atom. The van der Waals surface area contributed by atoms with Gasteiger partial charge in [-0.05, 0) is 41.4 Å². The minimum absolute atomic E-state index is 0.578. The molecule has 0 radical (unpaired) electrons. The number of aryl methyl sites for hydroxylation is 1. The second-order valence-corrected chi connectivity index (χ2v) is 6.85. The summed E-state index contributed by atoms with van der Waals surface area (Å²) in [5.41, 5.74) is 3.60. The SMILES string of the molecule is FC(F)n1c(-c2ccc(-c3ccccc3)cc2)c[n+]2c1SCCC2. The summed E-state index contributed by atoms with van der Waals surface area (Å²) in [6, 6.07) is 17.9. The first kappa shape index (κ1) is 15.4. The minimum Gasteiger partial charge on any atom is -0.224 e. The lowest BCUT2D eigenvalue weighted by molar-refractivity contribution is -0.735. The van der Waals surface area contributed by atoms with E-state index in [4.69, 9.17) is 0 Å². The van der Waals surface area contributed by atoms with E-state index in [1.807, 2.05) is 65.4 Å². The summed E-state index contributed by atoms with van der Waals surface area (Å²) in [5, 5.41) is 0.651. The van der Waals surface area contributed by atoms with E-state index >= 15 is 0 Å². The van der Waals surface area contributed by atoms with Gasteiger partial charge in [-0.3, -0.25) is 0 Å². The van der Waals surface area contributed by atoms with Crippen molar-refractivity contribution in [1.82, 2.24) is 4.57 Å². The number of thioether (sulfide) groups is 1. The summed E-state index contributed by atoms with van der Waals surface area (Å²) >= 11 is 1.51. The zero-order valence-corrected chi connectivity index (χ0v) is 13.8. The standard InChI is InChI=1S/C19H17F2N2S/c20-18(21)23-17(13-22-11-4-12-24-19(22)23)16-9-7-15(8-10-16)14-5-2-1-3-6-14/h1-3,5-10,13,18H,4,11-12H2/q+1. The number of aromatic nitrogens is 2. The second kappa shape index (κ2) is 6.40. The highest BCUT2D eigenvalue weighted by Gasteiger charge is 2.32. The van der Waals surface area contributed by atoms with E-state index in [2.05, 4.69) is 0 Å². The third-order valence-electron chi connectivity index (χ3n) is 4.25. The van der Waals surface area contributed by atoms with Crippen molar-refractivity contribution in [2.24, 2.45) is 0 Å². The molecule has 1 aromatic heterocycles. The van der Waals surface area contributed by atoms with Crippen LogP contribution < -0.4 is 4.57 Å². The van der Waals surface area contributed by atoms with Crippen molar-refractivity contribution in [1.29, 1.82) is 0 Å². The molecule has 3 aromatic rings. The molecule has 1 aliphatic rings. The Bertz CT molecular complexity index is 842. The Labute approximate surface area is 143 Å². The van der Waals surface area contributed by atoms with E-state index in [1.54, 1.807) is 0 Å². The average Bonchev–Trinajstić information content (AvgIpc) is 3.02. The molecular formula is C19H17F2N2S+. The molecule has 0 unspecified atom stereocenters. The zero-order chi connectivity index (χ0) is 16.5. The number of hydrogen-bond acceptors (Lipinski definition) is 1. The molecule has 24 heavy (non-hydrogen) atoms. The molecule has 5 heteroatoms. The Hall–Kier alpha value is -2.14. The van der Waals surface area contributed by atoms with Crippen LogP contribution in [-0.2, 0) is 6.54 Å². The van der Waals surface area contributed by atoms with Gasteiger partial charge in [0.05, 0.1) is 6.54 Å². The van der Waals surface area contributed by atoms with E-state index in [9.17, 15) is 8.78 Å². The van der Waals surface area contributed by atoms with Crippen LogP contribution in [0.5, 0.6) is 0 Å². The highest BCUT2D eigenvalue weighted by molar-refractivity contribution is 7.99. The fourth-order valence-electron chi connectivity index (χ4n) is 3.08. The van der Waals surface area contributed by atoms with Crippen molar-refractivity contribution >= 4 is 11.8 Å². The predicted octanol–water partition coefficient (Wildman–Crippen LogP) is 5.00. The normalized spacial score (nSPS) is 14.0. The van der Waals surface area contributed by atoms with E-state index in [0.717, 1.165) is 40.0 Å².